The van der Waals surface area contributed by atoms with Crippen LogP contribution in [0.4, 0.5) is 5.69 Å². The van der Waals surface area contributed by atoms with E-state index in [4.69, 9.17) is 5.11 Å². The van der Waals surface area contributed by atoms with Crippen molar-refractivity contribution in [2.24, 2.45) is 0 Å². The van der Waals surface area contributed by atoms with Crippen LogP contribution in [0, 0.1) is 0 Å². The van der Waals surface area contributed by atoms with Gasteiger partial charge < -0.3 is 10.0 Å². The van der Waals surface area contributed by atoms with Crippen LogP contribution >= 0.6 is 0 Å². The molecule has 1 saturated heterocycles. The van der Waals surface area contributed by atoms with Gasteiger partial charge in [-0.2, -0.15) is 0 Å². The highest BCUT2D eigenvalue weighted by Crippen LogP contribution is 2.25. The second kappa shape index (κ2) is 6.65. The third-order valence-corrected chi connectivity index (χ3v) is 6.07. The maximum atomic E-state index is 12.6. The van der Waals surface area contributed by atoms with Gasteiger partial charge in [-0.1, -0.05) is 0 Å². The summed E-state index contributed by atoms with van der Waals surface area (Å²) >= 11 is 0. The van der Waals surface area contributed by atoms with E-state index >= 15 is 0 Å². The van der Waals surface area contributed by atoms with Gasteiger partial charge in [0.25, 0.3) is 0 Å². The zero-order valence-corrected chi connectivity index (χ0v) is 14.0. The molecule has 2 aromatic carbocycles. The number of hydrogen-bond donors (Lipinski definition) is 1. The number of carboxylic acids is 1. The summed E-state index contributed by atoms with van der Waals surface area (Å²) in [6.07, 6.45) is 3.57. The van der Waals surface area contributed by atoms with Crippen LogP contribution in [-0.2, 0) is 9.84 Å². The van der Waals surface area contributed by atoms with E-state index < -0.39 is 15.8 Å². The Bertz CT molecular complexity index is 820. The van der Waals surface area contributed by atoms with E-state index in [9.17, 15) is 13.2 Å². The summed E-state index contributed by atoms with van der Waals surface area (Å²) in [7, 11) is -3.64. The highest BCUT2D eigenvalue weighted by Gasteiger charge is 2.19. The van der Waals surface area contributed by atoms with Crippen LogP contribution in [0.3, 0.4) is 0 Å². The quantitative estimate of drug-likeness (QED) is 0.921. The maximum absolute atomic E-state index is 12.6. The Morgan fingerprint density at radius 2 is 1.33 bits per heavy atom. The normalized spacial score (nSPS) is 15.2. The van der Waals surface area contributed by atoms with Gasteiger partial charge in [0.2, 0.25) is 9.84 Å². The number of anilines is 1. The van der Waals surface area contributed by atoms with Crippen molar-refractivity contribution in [1.82, 2.24) is 0 Å². The third kappa shape index (κ3) is 3.28. The molecule has 2 aromatic rings. The first kappa shape index (κ1) is 16.5. The summed E-state index contributed by atoms with van der Waals surface area (Å²) in [5, 5.41) is 8.90. The van der Waals surface area contributed by atoms with Crippen LogP contribution < -0.4 is 4.90 Å². The van der Waals surface area contributed by atoms with Crippen LogP contribution in [0.25, 0.3) is 0 Å². The third-order valence-electron chi connectivity index (χ3n) is 4.28. The first-order valence-electron chi connectivity index (χ1n) is 7.92. The average molecular weight is 345 g/mol. The van der Waals surface area contributed by atoms with Crippen molar-refractivity contribution < 1.29 is 18.3 Å². The van der Waals surface area contributed by atoms with E-state index in [0.717, 1.165) is 31.6 Å². The van der Waals surface area contributed by atoms with Crippen LogP contribution in [-0.4, -0.2) is 32.6 Å². The molecule has 0 spiro atoms. The monoisotopic (exact) mass is 345 g/mol. The van der Waals surface area contributed by atoms with Gasteiger partial charge in [0, 0.05) is 18.8 Å². The molecule has 0 saturated carbocycles. The van der Waals surface area contributed by atoms with Gasteiger partial charge in [-0.3, -0.25) is 0 Å². The molecule has 0 radical (unpaired) electrons. The lowest BCUT2D eigenvalue weighted by Crippen LogP contribution is -2.29. The summed E-state index contributed by atoms with van der Waals surface area (Å²) < 4.78 is 25.3. The summed E-state index contributed by atoms with van der Waals surface area (Å²) in [6.45, 7) is 2.01. The summed E-state index contributed by atoms with van der Waals surface area (Å²) in [5.74, 6) is -1.08. The number of benzene rings is 2. The fourth-order valence-electron chi connectivity index (χ4n) is 2.90. The van der Waals surface area contributed by atoms with Crippen molar-refractivity contribution in [1.29, 1.82) is 0 Å². The number of rotatable bonds is 4. The van der Waals surface area contributed by atoms with Gasteiger partial charge in [0.05, 0.1) is 15.4 Å². The number of carboxylic acid groups (broad SMARTS) is 1. The molecule has 0 bridgehead atoms. The lowest BCUT2D eigenvalue weighted by molar-refractivity contribution is 0.0696. The number of piperidine rings is 1. The van der Waals surface area contributed by atoms with Crippen molar-refractivity contribution in [3.8, 4) is 0 Å². The molecule has 3 rings (SSSR count). The zero-order valence-electron chi connectivity index (χ0n) is 13.2. The molecule has 0 unspecified atom stereocenters. The lowest BCUT2D eigenvalue weighted by atomic mass is 10.1. The number of nitrogens with zero attached hydrogens (tertiary/aromatic N) is 1. The molecule has 1 aliphatic rings. The van der Waals surface area contributed by atoms with Crippen molar-refractivity contribution in [2.45, 2.75) is 29.1 Å². The Morgan fingerprint density at radius 3 is 1.83 bits per heavy atom. The molecular formula is C18H19NO4S. The minimum Gasteiger partial charge on any atom is -0.478 e. The highest BCUT2D eigenvalue weighted by molar-refractivity contribution is 7.91. The SMILES string of the molecule is O=C(O)c1ccc(S(=O)(=O)c2ccc(N3CCCCC3)cc2)cc1. The molecule has 1 heterocycles. The molecule has 0 aromatic heterocycles. The van der Waals surface area contributed by atoms with E-state index in [-0.39, 0.29) is 15.4 Å². The van der Waals surface area contributed by atoms with Gasteiger partial charge in [0.1, 0.15) is 0 Å². The summed E-state index contributed by atoms with van der Waals surface area (Å²) in [4.78, 5) is 13.4. The molecule has 1 aliphatic heterocycles. The van der Waals surface area contributed by atoms with E-state index in [1.807, 2.05) is 12.1 Å². The number of hydrogen-bond acceptors (Lipinski definition) is 4. The molecule has 126 valence electrons. The topological polar surface area (TPSA) is 74.7 Å². The van der Waals surface area contributed by atoms with E-state index in [2.05, 4.69) is 4.90 Å². The molecule has 0 atom stereocenters. The number of sulfone groups is 1. The van der Waals surface area contributed by atoms with Gasteiger partial charge in [-0.25, -0.2) is 13.2 Å². The zero-order chi connectivity index (χ0) is 17.2. The maximum Gasteiger partial charge on any atom is 0.335 e. The van der Waals surface area contributed by atoms with Gasteiger partial charge in [-0.15, -0.1) is 0 Å². The lowest BCUT2D eigenvalue weighted by Gasteiger charge is -2.28. The van der Waals surface area contributed by atoms with Crippen LogP contribution in [0.15, 0.2) is 58.3 Å². The van der Waals surface area contributed by atoms with Crippen molar-refractivity contribution in [3.63, 3.8) is 0 Å². The molecule has 1 fully saturated rings. The molecule has 24 heavy (non-hydrogen) atoms. The first-order valence-corrected chi connectivity index (χ1v) is 9.40. The Balaban J connectivity index is 1.85. The largest absolute Gasteiger partial charge is 0.478 e. The van der Waals surface area contributed by atoms with Crippen LogP contribution in [0.1, 0.15) is 29.6 Å². The molecule has 0 amide bonds. The van der Waals surface area contributed by atoms with Crippen molar-refractivity contribution >= 4 is 21.5 Å². The van der Waals surface area contributed by atoms with Gasteiger partial charge in [0.15, 0.2) is 0 Å². The van der Waals surface area contributed by atoms with Crippen molar-refractivity contribution in [2.75, 3.05) is 18.0 Å². The molecule has 5 nitrogen and oxygen atoms in total. The number of aromatic carboxylic acids is 1. The van der Waals surface area contributed by atoms with E-state index in [0.29, 0.717) is 0 Å². The Labute approximate surface area is 141 Å². The van der Waals surface area contributed by atoms with E-state index in [1.165, 1.54) is 30.7 Å². The Morgan fingerprint density at radius 1 is 0.833 bits per heavy atom. The van der Waals surface area contributed by atoms with Gasteiger partial charge >= 0.3 is 5.97 Å². The average Bonchev–Trinajstić information content (AvgIpc) is 2.62. The fraction of sp³-hybridized carbons (Fsp3) is 0.278. The molecule has 1 N–H and O–H groups in total. The molecular weight excluding hydrogens is 326 g/mol. The smallest absolute Gasteiger partial charge is 0.335 e. The highest BCUT2D eigenvalue weighted by atomic mass is 32.2. The predicted molar refractivity (Wildman–Crippen MR) is 91.4 cm³/mol. The fourth-order valence-corrected chi connectivity index (χ4v) is 4.16. The van der Waals surface area contributed by atoms with Gasteiger partial charge in [-0.05, 0) is 67.8 Å². The first-order chi connectivity index (χ1) is 11.5. The predicted octanol–water partition coefficient (Wildman–Crippen LogP) is 3.21. The second-order valence-electron chi connectivity index (χ2n) is 5.87. The molecule has 0 aliphatic carbocycles. The van der Waals surface area contributed by atoms with E-state index in [1.54, 1.807) is 12.1 Å². The van der Waals surface area contributed by atoms with Crippen LogP contribution in [0.2, 0.25) is 0 Å². The second-order valence-corrected chi connectivity index (χ2v) is 7.82. The minimum absolute atomic E-state index is 0.0643. The number of carbonyl (C=O) groups is 1. The van der Waals surface area contributed by atoms with Crippen LogP contribution in [0.5, 0.6) is 0 Å². The Kier molecular flexibility index (Phi) is 4.57. The summed E-state index contributed by atoms with van der Waals surface area (Å²) in [6, 6.07) is 12.2. The summed E-state index contributed by atoms with van der Waals surface area (Å²) in [5.41, 5.74) is 1.10. The Hall–Kier alpha value is -2.34. The minimum atomic E-state index is -3.64. The van der Waals surface area contributed by atoms with Crippen molar-refractivity contribution in [3.05, 3.63) is 54.1 Å². The molecule has 6 heteroatoms. The standard InChI is InChI=1S/C18H19NO4S/c20-18(21)14-4-8-16(9-5-14)24(22,23)17-10-6-15(7-11-17)19-12-2-1-3-13-19/h4-11H,1-3,12-13H2,(H,20,21).